The van der Waals surface area contributed by atoms with E-state index in [0.717, 1.165) is 5.57 Å². The van der Waals surface area contributed by atoms with E-state index in [-0.39, 0.29) is 18.3 Å². The summed E-state index contributed by atoms with van der Waals surface area (Å²) >= 11 is 0. The van der Waals surface area contributed by atoms with E-state index >= 15 is 0 Å². The first-order valence-corrected chi connectivity index (χ1v) is 10.1. The maximum atomic E-state index is 12.8. The molecule has 0 aliphatic heterocycles. The van der Waals surface area contributed by atoms with Crippen LogP contribution in [0.3, 0.4) is 0 Å². The van der Waals surface area contributed by atoms with Crippen LogP contribution in [0.25, 0.3) is 0 Å². The molecule has 28 heavy (non-hydrogen) atoms. The van der Waals surface area contributed by atoms with Crippen molar-refractivity contribution >= 4 is 11.8 Å². The fourth-order valence-corrected chi connectivity index (χ4v) is 6.84. The molecule has 154 valence electrons. The van der Waals surface area contributed by atoms with E-state index in [2.05, 4.69) is 0 Å². The summed E-state index contributed by atoms with van der Waals surface area (Å²) < 4.78 is 5.73. The molecule has 3 N–H and O–H groups in total. The molecule has 0 amide bonds. The molecule has 6 nitrogen and oxygen atoms in total. The number of rotatable bonds is 2. The quantitative estimate of drug-likeness (QED) is 0.486. The zero-order chi connectivity index (χ0) is 20.8. The van der Waals surface area contributed by atoms with Crippen LogP contribution in [-0.4, -0.2) is 51.0 Å². The third-order valence-corrected chi connectivity index (χ3v) is 8.23. The smallest absolute Gasteiger partial charge is 0.303 e. The summed E-state index contributed by atoms with van der Waals surface area (Å²) in [5.41, 5.74) is -1.64. The van der Waals surface area contributed by atoms with Crippen molar-refractivity contribution in [3.05, 3.63) is 23.3 Å². The van der Waals surface area contributed by atoms with Crippen LogP contribution in [0, 0.1) is 35.0 Å². The number of carbonyl (C=O) groups is 2. The maximum Gasteiger partial charge on any atom is 0.303 e. The number of ether oxygens (including phenoxy) is 1. The molecule has 0 aromatic carbocycles. The van der Waals surface area contributed by atoms with Crippen LogP contribution in [-0.2, 0) is 14.3 Å². The molecule has 4 aliphatic carbocycles. The number of ketones is 1. The number of esters is 1. The highest BCUT2D eigenvalue weighted by Crippen LogP contribution is 2.76. The summed E-state index contributed by atoms with van der Waals surface area (Å²) in [6.45, 7) is 8.56. The minimum absolute atomic E-state index is 0.00741. The molecule has 0 radical (unpaired) electrons. The van der Waals surface area contributed by atoms with Crippen LogP contribution < -0.4 is 0 Å². The van der Waals surface area contributed by atoms with Gasteiger partial charge in [0.1, 0.15) is 5.60 Å². The van der Waals surface area contributed by atoms with Crippen LogP contribution in [0.2, 0.25) is 0 Å². The van der Waals surface area contributed by atoms with Gasteiger partial charge in [-0.05, 0) is 24.5 Å². The van der Waals surface area contributed by atoms with Crippen molar-refractivity contribution in [3.8, 4) is 0 Å². The maximum absolute atomic E-state index is 12.8. The van der Waals surface area contributed by atoms with E-state index in [4.69, 9.17) is 4.74 Å². The molecule has 2 saturated carbocycles. The Hall–Kier alpha value is -1.50. The lowest BCUT2D eigenvalue weighted by atomic mass is 9.60. The first-order chi connectivity index (χ1) is 12.9. The summed E-state index contributed by atoms with van der Waals surface area (Å²) in [6, 6.07) is 0. The Labute approximate surface area is 165 Å². The third kappa shape index (κ3) is 2.09. The zero-order valence-corrected chi connectivity index (χ0v) is 17.1. The van der Waals surface area contributed by atoms with Crippen molar-refractivity contribution in [3.63, 3.8) is 0 Å². The highest BCUT2D eigenvalue weighted by atomic mass is 16.6. The Kier molecular flexibility index (Phi) is 4.08. The fourth-order valence-electron chi connectivity index (χ4n) is 6.84. The molecule has 2 fully saturated rings. The second kappa shape index (κ2) is 5.77. The Morgan fingerprint density at radius 1 is 1.29 bits per heavy atom. The lowest BCUT2D eigenvalue weighted by Gasteiger charge is -2.51. The van der Waals surface area contributed by atoms with E-state index in [9.17, 15) is 24.9 Å². The Morgan fingerprint density at radius 2 is 1.93 bits per heavy atom. The SMILES string of the molecule is CC(=O)O[C@]12[C@H](O)[C@H](C)[C@@]3(O)[C@H](C=C(CO)C[C@H]4C(=O)C(C)=C[C@H]43)[C@@H]1C2(C)C. The van der Waals surface area contributed by atoms with E-state index in [1.165, 1.54) is 6.92 Å². The zero-order valence-electron chi connectivity index (χ0n) is 17.1. The van der Waals surface area contributed by atoms with Gasteiger partial charge < -0.3 is 20.1 Å². The molecule has 4 aliphatic rings. The topological polar surface area (TPSA) is 104 Å². The number of hydrogen-bond acceptors (Lipinski definition) is 6. The van der Waals surface area contributed by atoms with Crippen LogP contribution in [0.1, 0.15) is 41.0 Å². The second-order valence-electron chi connectivity index (χ2n) is 9.77. The number of fused-ring (bicyclic) bond motifs is 5. The molecule has 0 bridgehead atoms. The Bertz CT molecular complexity index is 810. The van der Waals surface area contributed by atoms with Gasteiger partial charge in [0, 0.05) is 41.9 Å². The molecule has 4 rings (SSSR count). The molecular formula is C22H30O6. The fraction of sp³-hybridized carbons (Fsp3) is 0.727. The van der Waals surface area contributed by atoms with Crippen molar-refractivity contribution in [2.75, 3.05) is 6.61 Å². The summed E-state index contributed by atoms with van der Waals surface area (Å²) in [7, 11) is 0. The average Bonchev–Trinajstić information content (AvgIpc) is 3.01. The predicted octanol–water partition coefficient (Wildman–Crippen LogP) is 1.39. The number of allylic oxidation sites excluding steroid dienone is 1. The number of aliphatic hydroxyl groups excluding tert-OH is 2. The predicted molar refractivity (Wildman–Crippen MR) is 101 cm³/mol. The van der Waals surface area contributed by atoms with Crippen molar-refractivity contribution in [2.45, 2.75) is 58.3 Å². The van der Waals surface area contributed by atoms with Crippen molar-refractivity contribution in [1.29, 1.82) is 0 Å². The van der Waals surface area contributed by atoms with Crippen LogP contribution >= 0.6 is 0 Å². The standard InChI is InChI=1S/C22H30O6/c1-10-6-15-14(17(10)25)7-13(9-23)8-16-18-20(4,5)22(18,28-12(3)24)19(26)11(2)21(15,16)27/h6,8,11,14-16,18-19,23,26-27H,7,9H2,1-5H3/t11-,14+,15+,16+,18+,19+,21-,22-/m0/s1. The molecular weight excluding hydrogens is 360 g/mol. The van der Waals surface area contributed by atoms with Gasteiger partial charge in [0.2, 0.25) is 0 Å². The van der Waals surface area contributed by atoms with Crippen LogP contribution in [0.4, 0.5) is 0 Å². The molecule has 6 heteroatoms. The average molecular weight is 390 g/mol. The van der Waals surface area contributed by atoms with Gasteiger partial charge in [-0.15, -0.1) is 0 Å². The molecule has 0 unspecified atom stereocenters. The van der Waals surface area contributed by atoms with Crippen LogP contribution in [0.15, 0.2) is 23.3 Å². The highest BCUT2D eigenvalue weighted by molar-refractivity contribution is 5.99. The number of Topliss-reactive ketones (excluding diaryl/α,β-unsaturated/α-hetero) is 1. The second-order valence-corrected chi connectivity index (χ2v) is 9.77. The molecule has 0 aromatic heterocycles. The van der Waals surface area contributed by atoms with Gasteiger partial charge in [-0.1, -0.05) is 32.9 Å². The van der Waals surface area contributed by atoms with Gasteiger partial charge in [-0.25, -0.2) is 0 Å². The summed E-state index contributed by atoms with van der Waals surface area (Å²) in [5.74, 6) is -2.71. The normalized spacial score (nSPS) is 48.5. The first-order valence-electron chi connectivity index (χ1n) is 10.1. The summed E-state index contributed by atoms with van der Waals surface area (Å²) in [5, 5.41) is 33.3. The minimum atomic E-state index is -1.36. The largest absolute Gasteiger partial charge is 0.456 e. The lowest BCUT2D eigenvalue weighted by Crippen LogP contribution is -2.62. The number of hydrogen-bond donors (Lipinski definition) is 3. The molecule has 0 saturated heterocycles. The monoisotopic (exact) mass is 390 g/mol. The van der Waals surface area contributed by atoms with Crippen molar-refractivity contribution in [1.82, 2.24) is 0 Å². The van der Waals surface area contributed by atoms with Gasteiger partial charge in [0.05, 0.1) is 18.3 Å². The lowest BCUT2D eigenvalue weighted by molar-refractivity contribution is -0.207. The van der Waals surface area contributed by atoms with Gasteiger partial charge in [0.25, 0.3) is 0 Å². The molecule has 8 atom stereocenters. The van der Waals surface area contributed by atoms with E-state index in [1.54, 1.807) is 13.8 Å². The van der Waals surface area contributed by atoms with E-state index in [1.807, 2.05) is 26.0 Å². The Morgan fingerprint density at radius 3 is 2.50 bits per heavy atom. The van der Waals surface area contributed by atoms with E-state index < -0.39 is 52.4 Å². The van der Waals surface area contributed by atoms with Gasteiger partial charge in [-0.2, -0.15) is 0 Å². The van der Waals surface area contributed by atoms with Gasteiger partial charge in [-0.3, -0.25) is 9.59 Å². The number of carbonyl (C=O) groups excluding carboxylic acids is 2. The van der Waals surface area contributed by atoms with E-state index in [0.29, 0.717) is 12.0 Å². The molecule has 0 heterocycles. The molecule has 0 spiro atoms. The third-order valence-electron chi connectivity index (χ3n) is 8.23. The summed E-state index contributed by atoms with van der Waals surface area (Å²) in [4.78, 5) is 24.6. The summed E-state index contributed by atoms with van der Waals surface area (Å²) in [6.07, 6.45) is 3.07. The first kappa shape index (κ1) is 19.8. The minimum Gasteiger partial charge on any atom is -0.456 e. The molecule has 0 aromatic rings. The Balaban J connectivity index is 1.90. The number of aliphatic hydroxyl groups is 3. The van der Waals surface area contributed by atoms with Crippen molar-refractivity contribution in [2.24, 2.45) is 35.0 Å². The van der Waals surface area contributed by atoms with Crippen molar-refractivity contribution < 1.29 is 29.6 Å². The van der Waals surface area contributed by atoms with Crippen LogP contribution in [0.5, 0.6) is 0 Å². The highest BCUT2D eigenvalue weighted by Gasteiger charge is 2.86. The van der Waals surface area contributed by atoms with Gasteiger partial charge in [0.15, 0.2) is 5.78 Å². The van der Waals surface area contributed by atoms with Gasteiger partial charge >= 0.3 is 5.97 Å².